The number of H-pyrrole nitrogens is 2. The number of rotatable bonds is 7. The zero-order valence-electron chi connectivity index (χ0n) is 16.9. The molecule has 4 heterocycles. The molecule has 1 aliphatic rings. The van der Waals surface area contributed by atoms with Gasteiger partial charge in [0, 0.05) is 24.2 Å². The van der Waals surface area contributed by atoms with E-state index >= 15 is 0 Å². The Morgan fingerprint density at radius 2 is 2.22 bits per heavy atom. The van der Waals surface area contributed by atoms with E-state index in [-0.39, 0.29) is 18.1 Å². The summed E-state index contributed by atoms with van der Waals surface area (Å²) in [6.45, 7) is 3.21. The molecule has 1 aliphatic carbocycles. The smallest absolute Gasteiger partial charge is 0.323 e. The summed E-state index contributed by atoms with van der Waals surface area (Å²) in [5, 5.41) is 11.5. The summed E-state index contributed by atoms with van der Waals surface area (Å²) in [4.78, 5) is 35.1. The molecule has 5 rings (SSSR count). The van der Waals surface area contributed by atoms with E-state index < -0.39 is 6.67 Å². The Labute approximate surface area is 184 Å². The highest BCUT2D eigenvalue weighted by Crippen LogP contribution is 2.32. The number of carbonyl (C=O) groups is 1. The van der Waals surface area contributed by atoms with Gasteiger partial charge in [0.2, 0.25) is 0 Å². The number of amides is 1. The monoisotopic (exact) mass is 453 g/mol. The summed E-state index contributed by atoms with van der Waals surface area (Å²) in [7, 11) is 0. The number of aromatic nitrogens is 5. The molecule has 0 aliphatic heterocycles. The number of anilines is 1. The molecule has 0 aromatic carbocycles. The van der Waals surface area contributed by atoms with Crippen LogP contribution < -0.4 is 27.0 Å². The first-order valence-electron chi connectivity index (χ1n) is 10.1. The highest BCUT2D eigenvalue weighted by molar-refractivity contribution is 7.17. The second kappa shape index (κ2) is 8.08. The number of nitrogens with zero attached hydrogens (tertiary/aromatic N) is 3. The van der Waals surface area contributed by atoms with Gasteiger partial charge in [-0.05, 0) is 31.1 Å². The van der Waals surface area contributed by atoms with Gasteiger partial charge in [-0.2, -0.15) is 9.61 Å². The molecule has 0 unspecified atom stereocenters. The molecule has 0 spiro atoms. The third kappa shape index (κ3) is 3.94. The van der Waals surface area contributed by atoms with E-state index in [1.807, 2.05) is 12.1 Å². The molecule has 1 fully saturated rings. The van der Waals surface area contributed by atoms with Gasteiger partial charge in [-0.25, -0.2) is 14.2 Å². The summed E-state index contributed by atoms with van der Waals surface area (Å²) in [6, 6.07) is 5.83. The molecular formula is C21H20FN7O2S. The van der Waals surface area contributed by atoms with Gasteiger partial charge >= 0.3 is 5.69 Å². The average molecular weight is 454 g/mol. The first-order chi connectivity index (χ1) is 15.5. The molecule has 4 aromatic heterocycles. The van der Waals surface area contributed by atoms with Gasteiger partial charge in [0.05, 0.1) is 32.3 Å². The molecule has 0 saturated heterocycles. The molecule has 164 valence electrons. The predicted octanol–water partition coefficient (Wildman–Crippen LogP) is 0.987. The molecule has 32 heavy (non-hydrogen) atoms. The number of carbonyl (C=O) groups excluding carboxylic acids is 1. The molecule has 11 heteroatoms. The van der Waals surface area contributed by atoms with Crippen molar-refractivity contribution >= 4 is 41.4 Å². The molecule has 0 radical (unpaired) electrons. The fourth-order valence-electron chi connectivity index (χ4n) is 3.31. The molecule has 0 atom stereocenters. The minimum Gasteiger partial charge on any atom is -0.367 e. The highest BCUT2D eigenvalue weighted by atomic mass is 32.1. The zero-order valence-corrected chi connectivity index (χ0v) is 17.8. The SMILES string of the molecule is C=c1[nH]c(=O)[nH]/c1=C\c1cnn2c(NC3CC3)cc(-c3ccc(C(=O)NCCF)s3)nc12. The van der Waals surface area contributed by atoms with E-state index in [2.05, 4.69) is 32.3 Å². The molecule has 1 amide bonds. The number of nitrogens with one attached hydrogen (secondary N) is 4. The van der Waals surface area contributed by atoms with Gasteiger partial charge < -0.3 is 20.6 Å². The summed E-state index contributed by atoms with van der Waals surface area (Å²) in [6.07, 6.45) is 5.63. The maximum absolute atomic E-state index is 12.4. The number of halogens is 1. The average Bonchev–Trinajstić information content (AvgIpc) is 3.16. The van der Waals surface area contributed by atoms with Gasteiger partial charge in [0.15, 0.2) is 5.65 Å². The maximum atomic E-state index is 12.4. The van der Waals surface area contributed by atoms with Crippen molar-refractivity contribution in [3.05, 3.63) is 56.0 Å². The van der Waals surface area contributed by atoms with Crippen molar-refractivity contribution in [2.75, 3.05) is 18.5 Å². The number of hydrogen-bond donors (Lipinski definition) is 4. The minimum absolute atomic E-state index is 0.0176. The van der Waals surface area contributed by atoms with Crippen molar-refractivity contribution in [3.8, 4) is 10.6 Å². The fraction of sp³-hybridized carbons (Fsp3) is 0.238. The molecule has 0 bridgehead atoms. The number of hydrogen-bond acceptors (Lipinski definition) is 6. The van der Waals surface area contributed by atoms with E-state index in [0.717, 1.165) is 23.5 Å². The number of aromatic amines is 2. The van der Waals surface area contributed by atoms with Crippen LogP contribution in [0.25, 0.3) is 28.9 Å². The van der Waals surface area contributed by atoms with Crippen molar-refractivity contribution < 1.29 is 9.18 Å². The van der Waals surface area contributed by atoms with Gasteiger partial charge in [-0.15, -0.1) is 11.3 Å². The Morgan fingerprint density at radius 1 is 1.38 bits per heavy atom. The Bertz CT molecular complexity index is 1480. The lowest BCUT2D eigenvalue weighted by atomic mass is 10.2. The second-order valence-corrected chi connectivity index (χ2v) is 8.59. The topological polar surface area (TPSA) is 120 Å². The highest BCUT2D eigenvalue weighted by Gasteiger charge is 2.23. The lowest BCUT2D eigenvalue weighted by Crippen LogP contribution is -2.24. The minimum atomic E-state index is -0.611. The number of thiophene rings is 1. The van der Waals surface area contributed by atoms with Gasteiger partial charge in [-0.3, -0.25) is 4.79 Å². The molecule has 1 saturated carbocycles. The summed E-state index contributed by atoms with van der Waals surface area (Å²) >= 11 is 1.29. The van der Waals surface area contributed by atoms with Crippen LogP contribution >= 0.6 is 11.3 Å². The molecule has 4 N–H and O–H groups in total. The third-order valence-electron chi connectivity index (χ3n) is 5.03. The first-order valence-corrected chi connectivity index (χ1v) is 10.9. The van der Waals surface area contributed by atoms with Crippen LogP contribution in [-0.4, -0.2) is 49.7 Å². The lowest BCUT2D eigenvalue weighted by Gasteiger charge is -2.09. The fourth-order valence-corrected chi connectivity index (χ4v) is 4.19. The van der Waals surface area contributed by atoms with Crippen LogP contribution in [0, 0.1) is 0 Å². The van der Waals surface area contributed by atoms with Crippen LogP contribution in [0.4, 0.5) is 10.2 Å². The van der Waals surface area contributed by atoms with Crippen molar-refractivity contribution in [1.29, 1.82) is 0 Å². The van der Waals surface area contributed by atoms with Crippen LogP contribution in [0.1, 0.15) is 28.1 Å². The first kappa shape index (κ1) is 20.2. The van der Waals surface area contributed by atoms with Crippen molar-refractivity contribution in [1.82, 2.24) is 29.9 Å². The maximum Gasteiger partial charge on any atom is 0.323 e. The predicted molar refractivity (Wildman–Crippen MR) is 121 cm³/mol. The van der Waals surface area contributed by atoms with Crippen LogP contribution in [0.3, 0.4) is 0 Å². The molecular weight excluding hydrogens is 433 g/mol. The lowest BCUT2D eigenvalue weighted by molar-refractivity contribution is 0.0955. The summed E-state index contributed by atoms with van der Waals surface area (Å²) in [5.41, 5.74) is 1.66. The zero-order chi connectivity index (χ0) is 22.2. The quantitative estimate of drug-likeness (QED) is 0.333. The van der Waals surface area contributed by atoms with Gasteiger partial charge in [0.25, 0.3) is 5.91 Å². The van der Waals surface area contributed by atoms with Crippen molar-refractivity contribution in [2.45, 2.75) is 18.9 Å². The van der Waals surface area contributed by atoms with Crippen molar-refractivity contribution in [2.24, 2.45) is 0 Å². The normalized spacial score (nSPS) is 14.2. The van der Waals surface area contributed by atoms with Crippen LogP contribution in [-0.2, 0) is 0 Å². The number of fused-ring (bicyclic) bond motifs is 1. The van der Waals surface area contributed by atoms with Crippen LogP contribution in [0.15, 0.2) is 29.2 Å². The van der Waals surface area contributed by atoms with E-state index in [1.165, 1.54) is 11.3 Å². The number of alkyl halides is 1. The van der Waals surface area contributed by atoms with Crippen LogP contribution in [0.2, 0.25) is 0 Å². The van der Waals surface area contributed by atoms with Crippen LogP contribution in [0.5, 0.6) is 0 Å². The van der Waals surface area contributed by atoms with E-state index in [0.29, 0.717) is 38.5 Å². The number of imidazole rings is 1. The second-order valence-electron chi connectivity index (χ2n) is 7.51. The third-order valence-corrected chi connectivity index (χ3v) is 6.13. The van der Waals surface area contributed by atoms with Gasteiger partial charge in [0.1, 0.15) is 12.5 Å². The van der Waals surface area contributed by atoms with Crippen molar-refractivity contribution in [3.63, 3.8) is 0 Å². The summed E-state index contributed by atoms with van der Waals surface area (Å²) < 4.78 is 14.1. The Balaban J connectivity index is 1.60. The Hall–Kier alpha value is -3.73. The summed E-state index contributed by atoms with van der Waals surface area (Å²) in [5.74, 6) is 0.482. The van der Waals surface area contributed by atoms with E-state index in [9.17, 15) is 14.0 Å². The standard InChI is InChI=1S/C21H20FN7O2S/c1-11-14(28-21(31)25-11)8-12-10-24-29-18(26-13-2-3-13)9-15(27-19(12)29)16-4-5-17(32-16)20(30)23-7-6-22/h4-5,8-10,13,26H,1-3,6-7H2,(H,23,30)(H2,25,28,31)/b14-8-. The van der Waals surface area contributed by atoms with E-state index in [1.54, 1.807) is 22.9 Å². The van der Waals surface area contributed by atoms with E-state index in [4.69, 9.17) is 4.98 Å². The largest absolute Gasteiger partial charge is 0.367 e. The molecule has 4 aromatic rings. The molecule has 9 nitrogen and oxygen atoms in total. The Kier molecular flexibility index (Phi) is 5.10. The van der Waals surface area contributed by atoms with Gasteiger partial charge in [-0.1, -0.05) is 6.58 Å². The Morgan fingerprint density at radius 3 is 2.94 bits per heavy atom.